The van der Waals surface area contributed by atoms with Gasteiger partial charge in [-0.25, -0.2) is 0 Å². The van der Waals surface area contributed by atoms with Crippen molar-refractivity contribution in [2.75, 3.05) is 0 Å². The molecule has 3 aliphatic rings. The summed E-state index contributed by atoms with van der Waals surface area (Å²) in [4.78, 5) is 12.2. The van der Waals surface area contributed by atoms with E-state index in [4.69, 9.17) is 18.9 Å². The number of Topliss-reactive ketones (excluding diaryl/α,β-unsaturated/α-hetero) is 1. The van der Waals surface area contributed by atoms with Crippen LogP contribution in [0.2, 0.25) is 0 Å². The molecule has 0 amide bonds. The van der Waals surface area contributed by atoms with Gasteiger partial charge in [0.2, 0.25) is 0 Å². The Morgan fingerprint density at radius 3 is 2.59 bits per heavy atom. The minimum atomic E-state index is -0.874. The van der Waals surface area contributed by atoms with Crippen LogP contribution in [0.3, 0.4) is 0 Å². The number of benzene rings is 1. The lowest BCUT2D eigenvalue weighted by Gasteiger charge is -2.41. The highest BCUT2D eigenvalue weighted by atomic mass is 16.8. The second kappa shape index (κ2) is 4.86. The molecule has 5 heteroatoms. The fraction of sp³-hybridized carbons (Fsp3) is 0.588. The molecule has 0 aromatic heterocycles. The Bertz CT molecular complexity index is 584. The van der Waals surface area contributed by atoms with Crippen LogP contribution in [0.5, 0.6) is 0 Å². The molecule has 2 heterocycles. The molecule has 1 aromatic rings. The highest BCUT2D eigenvalue weighted by Gasteiger charge is 2.68. The molecular formula is C17H20O5. The Morgan fingerprint density at radius 2 is 1.95 bits per heavy atom. The molecule has 0 radical (unpaired) electrons. The van der Waals surface area contributed by atoms with Gasteiger partial charge in [-0.15, -0.1) is 0 Å². The third-order valence-electron chi connectivity index (χ3n) is 4.64. The predicted octanol–water partition coefficient (Wildman–Crippen LogP) is 2.18. The van der Waals surface area contributed by atoms with Gasteiger partial charge in [0.25, 0.3) is 0 Å². The lowest BCUT2D eigenvalue weighted by Crippen LogP contribution is -2.58. The smallest absolute Gasteiger partial charge is 0.191 e. The quantitative estimate of drug-likeness (QED) is 0.856. The Morgan fingerprint density at radius 1 is 1.18 bits per heavy atom. The van der Waals surface area contributed by atoms with Gasteiger partial charge < -0.3 is 18.9 Å². The van der Waals surface area contributed by atoms with Crippen molar-refractivity contribution in [2.45, 2.75) is 63.2 Å². The topological polar surface area (TPSA) is 54.0 Å². The summed E-state index contributed by atoms with van der Waals surface area (Å²) in [6.45, 7) is 4.12. The predicted molar refractivity (Wildman–Crippen MR) is 76.9 cm³/mol. The Balaban J connectivity index is 1.55. The zero-order valence-electron chi connectivity index (χ0n) is 12.8. The molecule has 3 fully saturated rings. The maximum atomic E-state index is 12.2. The van der Waals surface area contributed by atoms with Crippen LogP contribution in [0.4, 0.5) is 0 Å². The molecule has 2 aliphatic heterocycles. The maximum absolute atomic E-state index is 12.2. The number of hydrogen-bond acceptors (Lipinski definition) is 5. The van der Waals surface area contributed by atoms with Gasteiger partial charge in [0.1, 0.15) is 12.2 Å². The van der Waals surface area contributed by atoms with Crippen molar-refractivity contribution in [3.8, 4) is 0 Å². The summed E-state index contributed by atoms with van der Waals surface area (Å²) in [5.74, 6) is -0.622. The number of carbonyl (C=O) groups excluding carboxylic acids is 1. The third kappa shape index (κ3) is 2.12. The molecule has 4 atom stereocenters. The monoisotopic (exact) mass is 304 g/mol. The van der Waals surface area contributed by atoms with E-state index in [9.17, 15) is 4.79 Å². The van der Waals surface area contributed by atoms with Crippen molar-refractivity contribution < 1.29 is 23.7 Å². The first kappa shape index (κ1) is 14.3. The minimum Gasteiger partial charge on any atom is -0.367 e. The van der Waals surface area contributed by atoms with Gasteiger partial charge in [0, 0.05) is 6.42 Å². The van der Waals surface area contributed by atoms with Crippen LogP contribution in [0.25, 0.3) is 0 Å². The Kier molecular flexibility index (Phi) is 3.17. The normalized spacial score (nSPS) is 39.0. The largest absolute Gasteiger partial charge is 0.367 e. The second-order valence-corrected chi connectivity index (χ2v) is 6.62. The Hall–Kier alpha value is -1.27. The van der Waals surface area contributed by atoms with Gasteiger partial charge in [0.05, 0.1) is 6.61 Å². The first-order valence-electron chi connectivity index (χ1n) is 7.72. The third-order valence-corrected chi connectivity index (χ3v) is 4.64. The van der Waals surface area contributed by atoms with Crippen LogP contribution < -0.4 is 0 Å². The van der Waals surface area contributed by atoms with E-state index in [2.05, 4.69) is 0 Å². The highest BCUT2D eigenvalue weighted by molar-refractivity contribution is 5.94. The zero-order valence-corrected chi connectivity index (χ0v) is 12.8. The van der Waals surface area contributed by atoms with Crippen LogP contribution in [0.15, 0.2) is 30.3 Å². The molecule has 5 nitrogen and oxygen atoms in total. The summed E-state index contributed by atoms with van der Waals surface area (Å²) in [5.41, 5.74) is 0.187. The van der Waals surface area contributed by atoms with Crippen LogP contribution in [-0.2, 0) is 30.3 Å². The van der Waals surface area contributed by atoms with E-state index in [0.29, 0.717) is 19.4 Å². The lowest BCUT2D eigenvalue weighted by molar-refractivity contribution is -0.250. The molecular weight excluding hydrogens is 284 g/mol. The van der Waals surface area contributed by atoms with Crippen molar-refractivity contribution in [2.24, 2.45) is 0 Å². The summed E-state index contributed by atoms with van der Waals surface area (Å²) in [5, 5.41) is 0. The van der Waals surface area contributed by atoms with Gasteiger partial charge in [0.15, 0.2) is 23.5 Å². The summed E-state index contributed by atoms with van der Waals surface area (Å²) in [7, 11) is 0. The molecule has 22 heavy (non-hydrogen) atoms. The average Bonchev–Trinajstić information content (AvgIpc) is 2.95. The fourth-order valence-electron chi connectivity index (χ4n) is 3.48. The van der Waals surface area contributed by atoms with Crippen molar-refractivity contribution in [3.63, 3.8) is 0 Å². The summed E-state index contributed by atoms with van der Waals surface area (Å²) < 4.78 is 23.7. The minimum absolute atomic E-state index is 0.0879. The summed E-state index contributed by atoms with van der Waals surface area (Å²) in [6.07, 6.45) is -0.0943. The number of ketones is 1. The molecule has 1 saturated carbocycles. The molecule has 0 N–H and O–H groups in total. The van der Waals surface area contributed by atoms with E-state index in [1.165, 1.54) is 0 Å². The molecule has 1 spiro atoms. The van der Waals surface area contributed by atoms with E-state index in [1.807, 2.05) is 44.2 Å². The van der Waals surface area contributed by atoms with E-state index in [-0.39, 0.29) is 11.9 Å². The number of fused-ring (bicyclic) bond motifs is 1. The first-order chi connectivity index (χ1) is 10.5. The molecule has 4 rings (SSSR count). The second-order valence-electron chi connectivity index (χ2n) is 6.62. The highest BCUT2D eigenvalue weighted by Crippen LogP contribution is 2.50. The Labute approximate surface area is 129 Å². The SMILES string of the molecule is CC1(C)O[C@H]2OC3(CCC3=O)C(OCc3ccccc3)[C@@H]2O1. The number of rotatable bonds is 3. The van der Waals surface area contributed by atoms with E-state index in [1.54, 1.807) is 0 Å². The molecule has 1 aliphatic carbocycles. The molecule has 2 saturated heterocycles. The molecule has 0 bridgehead atoms. The van der Waals surface area contributed by atoms with Crippen LogP contribution >= 0.6 is 0 Å². The van der Waals surface area contributed by atoms with Crippen molar-refractivity contribution in [3.05, 3.63) is 35.9 Å². The molecule has 2 unspecified atom stereocenters. The summed E-state index contributed by atoms with van der Waals surface area (Å²) in [6, 6.07) is 9.90. The number of carbonyl (C=O) groups is 1. The van der Waals surface area contributed by atoms with Gasteiger partial charge in [-0.2, -0.15) is 0 Å². The van der Waals surface area contributed by atoms with Gasteiger partial charge >= 0.3 is 0 Å². The standard InChI is InChI=1S/C17H20O5/c1-16(2)20-13-14(19-10-11-6-4-3-5-7-11)17(9-8-12(17)18)22-15(13)21-16/h3-7,13-15H,8-10H2,1-2H3/t13-,14?,15-,17?/m0/s1. The van der Waals surface area contributed by atoms with E-state index >= 15 is 0 Å². The maximum Gasteiger partial charge on any atom is 0.191 e. The van der Waals surface area contributed by atoms with E-state index in [0.717, 1.165) is 5.56 Å². The molecule has 1 aromatic carbocycles. The zero-order chi connectivity index (χ0) is 15.4. The van der Waals surface area contributed by atoms with Crippen LogP contribution in [0, 0.1) is 0 Å². The lowest BCUT2D eigenvalue weighted by atomic mass is 9.74. The van der Waals surface area contributed by atoms with E-state index < -0.39 is 23.8 Å². The van der Waals surface area contributed by atoms with Gasteiger partial charge in [-0.3, -0.25) is 4.79 Å². The van der Waals surface area contributed by atoms with Crippen molar-refractivity contribution in [1.29, 1.82) is 0 Å². The molecule has 118 valence electrons. The fourth-order valence-corrected chi connectivity index (χ4v) is 3.48. The number of hydrogen-bond donors (Lipinski definition) is 0. The van der Waals surface area contributed by atoms with Crippen molar-refractivity contribution >= 4 is 5.78 Å². The van der Waals surface area contributed by atoms with Crippen molar-refractivity contribution in [1.82, 2.24) is 0 Å². The van der Waals surface area contributed by atoms with Crippen LogP contribution in [-0.4, -0.2) is 35.7 Å². The first-order valence-corrected chi connectivity index (χ1v) is 7.72. The van der Waals surface area contributed by atoms with Gasteiger partial charge in [-0.1, -0.05) is 30.3 Å². The number of ether oxygens (including phenoxy) is 4. The average molecular weight is 304 g/mol. The summed E-state index contributed by atoms with van der Waals surface area (Å²) >= 11 is 0. The van der Waals surface area contributed by atoms with Gasteiger partial charge in [-0.05, 0) is 25.8 Å². The van der Waals surface area contributed by atoms with Crippen LogP contribution in [0.1, 0.15) is 32.3 Å².